The van der Waals surface area contributed by atoms with Crippen LogP contribution in [0.4, 0.5) is 11.4 Å². The van der Waals surface area contributed by atoms with Crippen LogP contribution < -0.4 is 16.0 Å². The molecule has 1 aliphatic carbocycles. The van der Waals surface area contributed by atoms with Crippen molar-refractivity contribution in [3.63, 3.8) is 0 Å². The van der Waals surface area contributed by atoms with Crippen LogP contribution in [-0.4, -0.2) is 48.0 Å². The van der Waals surface area contributed by atoms with Gasteiger partial charge in [0.25, 0.3) is 0 Å². The van der Waals surface area contributed by atoms with Crippen molar-refractivity contribution in [2.45, 2.75) is 83.8 Å². The van der Waals surface area contributed by atoms with E-state index in [-0.39, 0.29) is 5.91 Å². The predicted molar refractivity (Wildman–Crippen MR) is 161 cm³/mol. The zero-order valence-corrected chi connectivity index (χ0v) is 24.3. The van der Waals surface area contributed by atoms with Crippen LogP contribution in [0.15, 0.2) is 47.5 Å². The van der Waals surface area contributed by atoms with E-state index in [2.05, 4.69) is 41.6 Å². The van der Waals surface area contributed by atoms with Crippen LogP contribution in [0.2, 0.25) is 10.0 Å². The first kappa shape index (κ1) is 28.7. The molecule has 4 rings (SSSR count). The maximum Gasteiger partial charge on any atom is 0.224 e. The molecule has 3 N–H and O–H groups in total. The number of hydrogen-bond acceptors (Lipinski definition) is 3. The number of guanidine groups is 1. The van der Waals surface area contributed by atoms with Crippen LogP contribution in [-0.2, 0) is 11.2 Å². The summed E-state index contributed by atoms with van der Waals surface area (Å²) in [6.45, 7) is 8.59. The number of aliphatic imine (C=N–C) groups is 1. The quantitative estimate of drug-likeness (QED) is 0.253. The number of benzene rings is 2. The Morgan fingerprint density at radius 1 is 1.00 bits per heavy atom. The SMILES string of the molecule is CC[C@@H]1CCCC[C@H]1N=C(Nc1ccc(NC(=O)CCc2ccc(Cl)cc2Cl)cc1)N1C[C@@H](C)N[C@@H](C)C1. The summed E-state index contributed by atoms with van der Waals surface area (Å²) in [6, 6.07) is 14.4. The number of aryl methyl sites for hydroxylation is 1. The number of nitrogens with one attached hydrogen (secondary N) is 3. The summed E-state index contributed by atoms with van der Waals surface area (Å²) in [4.78, 5) is 20.3. The Labute approximate surface area is 237 Å². The summed E-state index contributed by atoms with van der Waals surface area (Å²) in [5, 5.41) is 11.4. The van der Waals surface area contributed by atoms with Gasteiger partial charge in [-0.3, -0.25) is 4.79 Å². The van der Waals surface area contributed by atoms with Gasteiger partial charge in [-0.1, -0.05) is 55.5 Å². The molecule has 2 aliphatic rings. The van der Waals surface area contributed by atoms with Crippen molar-refractivity contribution in [2.24, 2.45) is 10.9 Å². The minimum Gasteiger partial charge on any atom is -0.340 e. The Kier molecular flexibility index (Phi) is 10.3. The first-order valence-electron chi connectivity index (χ1n) is 14.0. The van der Waals surface area contributed by atoms with E-state index in [1.807, 2.05) is 30.3 Å². The molecule has 0 unspecified atom stereocenters. The van der Waals surface area contributed by atoms with Gasteiger partial charge >= 0.3 is 0 Å². The average Bonchev–Trinajstić information content (AvgIpc) is 2.88. The van der Waals surface area contributed by atoms with Crippen molar-refractivity contribution >= 4 is 46.4 Å². The summed E-state index contributed by atoms with van der Waals surface area (Å²) in [7, 11) is 0. The number of rotatable bonds is 7. The van der Waals surface area contributed by atoms with E-state index >= 15 is 0 Å². The lowest BCUT2D eigenvalue weighted by atomic mass is 9.83. The highest BCUT2D eigenvalue weighted by molar-refractivity contribution is 6.35. The first-order valence-corrected chi connectivity index (χ1v) is 14.8. The number of nitrogens with zero attached hydrogens (tertiary/aromatic N) is 2. The average molecular weight is 559 g/mol. The van der Waals surface area contributed by atoms with E-state index < -0.39 is 0 Å². The molecule has 6 nitrogen and oxygen atoms in total. The smallest absolute Gasteiger partial charge is 0.224 e. The van der Waals surface area contributed by atoms with Crippen molar-refractivity contribution in [3.05, 3.63) is 58.1 Å². The van der Waals surface area contributed by atoms with Crippen LogP contribution in [0, 0.1) is 5.92 Å². The van der Waals surface area contributed by atoms with E-state index in [0.29, 0.717) is 46.9 Å². The van der Waals surface area contributed by atoms with Crippen molar-refractivity contribution in [1.29, 1.82) is 0 Å². The van der Waals surface area contributed by atoms with E-state index in [1.165, 1.54) is 25.7 Å². The third-order valence-electron chi connectivity index (χ3n) is 7.60. The third kappa shape index (κ3) is 8.11. The lowest BCUT2D eigenvalue weighted by molar-refractivity contribution is -0.116. The maximum absolute atomic E-state index is 12.5. The molecule has 0 radical (unpaired) electrons. The largest absolute Gasteiger partial charge is 0.340 e. The van der Waals surface area contributed by atoms with E-state index in [1.54, 1.807) is 12.1 Å². The third-order valence-corrected chi connectivity index (χ3v) is 8.19. The van der Waals surface area contributed by atoms with Gasteiger partial charge in [0.2, 0.25) is 5.91 Å². The Balaban J connectivity index is 1.41. The first-order chi connectivity index (χ1) is 18.3. The number of carbonyl (C=O) groups is 1. The molecule has 4 atom stereocenters. The van der Waals surface area contributed by atoms with Crippen molar-refractivity contribution < 1.29 is 4.79 Å². The molecule has 1 heterocycles. The molecular formula is C30H41Cl2N5O. The minimum atomic E-state index is -0.0503. The van der Waals surface area contributed by atoms with Crippen molar-refractivity contribution in [3.8, 4) is 0 Å². The Morgan fingerprint density at radius 2 is 1.66 bits per heavy atom. The normalized spacial score (nSPS) is 24.2. The fourth-order valence-corrected chi connectivity index (χ4v) is 6.15. The summed E-state index contributed by atoms with van der Waals surface area (Å²) >= 11 is 12.2. The lowest BCUT2D eigenvalue weighted by Gasteiger charge is -2.39. The van der Waals surface area contributed by atoms with E-state index in [0.717, 1.165) is 42.4 Å². The van der Waals surface area contributed by atoms with Gasteiger partial charge in [-0.05, 0) is 81.0 Å². The highest BCUT2D eigenvalue weighted by Crippen LogP contribution is 2.30. The topological polar surface area (TPSA) is 68.8 Å². The van der Waals surface area contributed by atoms with Crippen LogP contribution in [0.5, 0.6) is 0 Å². The Bertz CT molecular complexity index is 1100. The standard InChI is InChI=1S/C30H41Cl2N5O/c1-4-22-7-5-6-8-28(22)36-30(37-18-20(2)33-21(3)19-37)35-26-14-12-25(13-15-26)34-29(38)16-10-23-9-11-24(31)17-27(23)32/h9,11-15,17,20-22,28,33H,4-8,10,16,18-19H2,1-3H3,(H,34,38)(H,35,36)/t20-,21+,22-,28-/m1/s1. The van der Waals surface area contributed by atoms with Gasteiger partial charge in [0.05, 0.1) is 6.04 Å². The van der Waals surface area contributed by atoms with Crippen LogP contribution in [0.1, 0.15) is 64.9 Å². The molecule has 1 saturated carbocycles. The number of hydrogen-bond donors (Lipinski definition) is 3. The van der Waals surface area contributed by atoms with Gasteiger partial charge in [0, 0.05) is 53.0 Å². The van der Waals surface area contributed by atoms with Gasteiger partial charge in [-0.25, -0.2) is 4.99 Å². The van der Waals surface area contributed by atoms with Crippen LogP contribution in [0.25, 0.3) is 0 Å². The molecule has 1 aliphatic heterocycles. The molecule has 2 fully saturated rings. The van der Waals surface area contributed by atoms with E-state index in [4.69, 9.17) is 28.2 Å². The summed E-state index contributed by atoms with van der Waals surface area (Å²) in [5.41, 5.74) is 2.65. The van der Waals surface area contributed by atoms with Gasteiger partial charge in [-0.2, -0.15) is 0 Å². The van der Waals surface area contributed by atoms with Crippen LogP contribution >= 0.6 is 23.2 Å². The summed E-state index contributed by atoms with van der Waals surface area (Å²) < 4.78 is 0. The van der Waals surface area contributed by atoms with Gasteiger partial charge < -0.3 is 20.9 Å². The highest BCUT2D eigenvalue weighted by Gasteiger charge is 2.28. The second-order valence-electron chi connectivity index (χ2n) is 10.8. The van der Waals surface area contributed by atoms with Crippen molar-refractivity contribution in [2.75, 3.05) is 23.7 Å². The molecule has 8 heteroatoms. The fourth-order valence-electron chi connectivity index (χ4n) is 5.65. The number of carbonyl (C=O) groups excluding carboxylic acids is 1. The summed E-state index contributed by atoms with van der Waals surface area (Å²) in [5.74, 6) is 1.57. The molecule has 206 valence electrons. The zero-order chi connectivity index (χ0) is 27.1. The Morgan fingerprint density at radius 3 is 2.32 bits per heavy atom. The molecule has 2 aromatic carbocycles. The lowest BCUT2D eigenvalue weighted by Crippen LogP contribution is -2.57. The van der Waals surface area contributed by atoms with Crippen LogP contribution in [0.3, 0.4) is 0 Å². The van der Waals surface area contributed by atoms with E-state index in [9.17, 15) is 4.79 Å². The number of piperazine rings is 1. The Hall–Kier alpha value is -2.28. The maximum atomic E-state index is 12.5. The van der Waals surface area contributed by atoms with Crippen molar-refractivity contribution in [1.82, 2.24) is 10.2 Å². The van der Waals surface area contributed by atoms with Gasteiger partial charge in [-0.15, -0.1) is 0 Å². The molecule has 0 spiro atoms. The minimum absolute atomic E-state index is 0.0503. The number of amides is 1. The second kappa shape index (κ2) is 13.7. The van der Waals surface area contributed by atoms with Gasteiger partial charge in [0.1, 0.15) is 0 Å². The number of anilines is 2. The zero-order valence-electron chi connectivity index (χ0n) is 22.8. The van der Waals surface area contributed by atoms with Gasteiger partial charge in [0.15, 0.2) is 5.96 Å². The second-order valence-corrected chi connectivity index (χ2v) is 11.7. The number of halogens is 2. The molecule has 0 bridgehead atoms. The molecular weight excluding hydrogens is 517 g/mol. The molecule has 1 saturated heterocycles. The monoisotopic (exact) mass is 557 g/mol. The molecule has 38 heavy (non-hydrogen) atoms. The fraction of sp³-hybridized carbons (Fsp3) is 0.533. The molecule has 2 aromatic rings. The molecule has 1 amide bonds. The summed E-state index contributed by atoms with van der Waals surface area (Å²) in [6.07, 6.45) is 7.08. The predicted octanol–water partition coefficient (Wildman–Crippen LogP) is 6.98. The highest BCUT2D eigenvalue weighted by atomic mass is 35.5. The molecule has 0 aromatic heterocycles.